The van der Waals surface area contributed by atoms with Crippen molar-refractivity contribution in [1.82, 2.24) is 10.2 Å². The highest BCUT2D eigenvalue weighted by Gasteiger charge is 2.42. The van der Waals surface area contributed by atoms with E-state index < -0.39 is 11.6 Å². The molecule has 1 saturated heterocycles. The third kappa shape index (κ3) is 3.46. The summed E-state index contributed by atoms with van der Waals surface area (Å²) < 4.78 is 27.5. The molecule has 2 atom stereocenters. The second kappa shape index (κ2) is 6.89. The molecule has 3 nitrogen and oxygen atoms in total. The first-order chi connectivity index (χ1) is 9.70. The fourth-order valence-electron chi connectivity index (χ4n) is 2.93. The SMILES string of the molecule is CN=C(NC1CC1c1c(F)cccc1F)N1CCCC1.I. The van der Waals surface area contributed by atoms with Crippen molar-refractivity contribution in [2.24, 2.45) is 4.99 Å². The molecule has 1 aliphatic heterocycles. The van der Waals surface area contributed by atoms with Crippen LogP contribution in [0.3, 0.4) is 0 Å². The quantitative estimate of drug-likeness (QED) is 0.464. The minimum absolute atomic E-state index is 0. The van der Waals surface area contributed by atoms with Crippen LogP contribution in [0.4, 0.5) is 8.78 Å². The van der Waals surface area contributed by atoms with Gasteiger partial charge in [-0.05, 0) is 31.4 Å². The number of likely N-dealkylation sites (tertiary alicyclic amines) is 1. The minimum Gasteiger partial charge on any atom is -0.353 e. The van der Waals surface area contributed by atoms with Gasteiger partial charge in [-0.15, -0.1) is 24.0 Å². The second-order valence-corrected chi connectivity index (χ2v) is 5.47. The van der Waals surface area contributed by atoms with Crippen LogP contribution >= 0.6 is 24.0 Å². The van der Waals surface area contributed by atoms with Crippen molar-refractivity contribution in [3.05, 3.63) is 35.4 Å². The Morgan fingerprint density at radius 1 is 1.24 bits per heavy atom. The number of guanidine groups is 1. The van der Waals surface area contributed by atoms with Crippen molar-refractivity contribution in [1.29, 1.82) is 0 Å². The molecule has 1 N–H and O–H groups in total. The van der Waals surface area contributed by atoms with E-state index in [0.29, 0.717) is 0 Å². The van der Waals surface area contributed by atoms with Crippen LogP contribution in [-0.4, -0.2) is 37.0 Å². The lowest BCUT2D eigenvalue weighted by atomic mass is 10.1. The van der Waals surface area contributed by atoms with Crippen LogP contribution < -0.4 is 5.32 Å². The number of hydrogen-bond donors (Lipinski definition) is 1. The molecule has 1 saturated carbocycles. The van der Waals surface area contributed by atoms with Gasteiger partial charge in [-0.3, -0.25) is 4.99 Å². The molecule has 1 aromatic rings. The van der Waals surface area contributed by atoms with Gasteiger partial charge >= 0.3 is 0 Å². The average molecular weight is 407 g/mol. The molecule has 2 fully saturated rings. The topological polar surface area (TPSA) is 27.6 Å². The number of hydrogen-bond acceptors (Lipinski definition) is 1. The number of nitrogens with zero attached hydrogens (tertiary/aromatic N) is 2. The molecule has 0 amide bonds. The number of rotatable bonds is 2. The van der Waals surface area contributed by atoms with E-state index in [1.54, 1.807) is 7.05 Å². The van der Waals surface area contributed by atoms with Crippen molar-refractivity contribution in [2.75, 3.05) is 20.1 Å². The standard InChI is InChI=1S/C15H19F2N3.HI/c1-18-15(20-7-2-3-8-20)19-13-9-10(13)14-11(16)5-4-6-12(14)17;/h4-6,10,13H,2-3,7-9H2,1H3,(H,18,19);1H. The largest absolute Gasteiger partial charge is 0.353 e. The minimum atomic E-state index is -0.449. The Hall–Kier alpha value is -0.920. The normalized spacial score (nSPS) is 24.7. The Kier molecular flexibility index (Phi) is 5.40. The maximum atomic E-state index is 13.7. The van der Waals surface area contributed by atoms with Crippen molar-refractivity contribution in [3.8, 4) is 0 Å². The van der Waals surface area contributed by atoms with Crippen LogP contribution in [0.25, 0.3) is 0 Å². The van der Waals surface area contributed by atoms with Crippen LogP contribution in [-0.2, 0) is 0 Å². The summed E-state index contributed by atoms with van der Waals surface area (Å²) in [4.78, 5) is 6.47. The highest BCUT2D eigenvalue weighted by molar-refractivity contribution is 14.0. The molecule has 2 aliphatic rings. The Bertz CT molecular complexity index is 509. The summed E-state index contributed by atoms with van der Waals surface area (Å²) in [5.41, 5.74) is 0.210. The first kappa shape index (κ1) is 16.5. The van der Waals surface area contributed by atoms with Crippen LogP contribution in [0.1, 0.15) is 30.7 Å². The molecule has 116 valence electrons. The van der Waals surface area contributed by atoms with Gasteiger partial charge in [0, 0.05) is 37.7 Å². The number of nitrogens with one attached hydrogen (secondary N) is 1. The van der Waals surface area contributed by atoms with Gasteiger partial charge < -0.3 is 10.2 Å². The highest BCUT2D eigenvalue weighted by atomic mass is 127. The smallest absolute Gasteiger partial charge is 0.193 e. The summed E-state index contributed by atoms with van der Waals surface area (Å²) in [6, 6.07) is 4.13. The van der Waals surface area contributed by atoms with Gasteiger partial charge in [-0.25, -0.2) is 8.78 Å². The maximum absolute atomic E-state index is 13.7. The summed E-state index contributed by atoms with van der Waals surface area (Å²) in [5.74, 6) is -0.131. The zero-order valence-corrected chi connectivity index (χ0v) is 14.3. The Morgan fingerprint density at radius 2 is 1.86 bits per heavy atom. The summed E-state index contributed by atoms with van der Waals surface area (Å²) >= 11 is 0. The third-order valence-electron chi connectivity index (χ3n) is 4.09. The molecule has 6 heteroatoms. The molecule has 1 aliphatic carbocycles. The van der Waals surface area contributed by atoms with Gasteiger partial charge in [0.15, 0.2) is 5.96 Å². The second-order valence-electron chi connectivity index (χ2n) is 5.47. The third-order valence-corrected chi connectivity index (χ3v) is 4.09. The molecule has 3 rings (SSSR count). The first-order valence-corrected chi connectivity index (χ1v) is 7.13. The fourth-order valence-corrected chi connectivity index (χ4v) is 2.93. The molecule has 21 heavy (non-hydrogen) atoms. The Balaban J connectivity index is 0.00000161. The Morgan fingerprint density at radius 3 is 2.43 bits per heavy atom. The fraction of sp³-hybridized carbons (Fsp3) is 0.533. The van der Waals surface area contributed by atoms with Gasteiger partial charge in [0.1, 0.15) is 11.6 Å². The van der Waals surface area contributed by atoms with Crippen molar-refractivity contribution in [2.45, 2.75) is 31.2 Å². The summed E-state index contributed by atoms with van der Waals surface area (Å²) in [6.07, 6.45) is 3.11. The predicted molar refractivity (Wildman–Crippen MR) is 90.2 cm³/mol. The number of benzene rings is 1. The average Bonchev–Trinajstić information content (AvgIpc) is 2.96. The van der Waals surface area contributed by atoms with Gasteiger partial charge in [0.05, 0.1) is 0 Å². The highest BCUT2D eigenvalue weighted by Crippen LogP contribution is 2.43. The van der Waals surface area contributed by atoms with Gasteiger partial charge in [-0.1, -0.05) is 6.07 Å². The molecular weight excluding hydrogens is 387 g/mol. The van der Waals surface area contributed by atoms with Crippen LogP contribution in [0.2, 0.25) is 0 Å². The van der Waals surface area contributed by atoms with Crippen molar-refractivity contribution in [3.63, 3.8) is 0 Å². The van der Waals surface area contributed by atoms with Gasteiger partial charge in [0.2, 0.25) is 0 Å². The molecule has 0 bridgehead atoms. The molecule has 0 radical (unpaired) electrons. The monoisotopic (exact) mass is 407 g/mol. The van der Waals surface area contributed by atoms with Crippen molar-refractivity contribution < 1.29 is 8.78 Å². The van der Waals surface area contributed by atoms with E-state index in [9.17, 15) is 8.78 Å². The molecule has 1 heterocycles. The van der Waals surface area contributed by atoms with E-state index in [2.05, 4.69) is 15.2 Å². The summed E-state index contributed by atoms with van der Waals surface area (Å²) in [7, 11) is 1.75. The van der Waals surface area contributed by atoms with Crippen LogP contribution in [0.15, 0.2) is 23.2 Å². The van der Waals surface area contributed by atoms with E-state index in [0.717, 1.165) is 25.5 Å². The zero-order chi connectivity index (χ0) is 14.1. The van der Waals surface area contributed by atoms with Crippen LogP contribution in [0, 0.1) is 11.6 Å². The molecular formula is C15H20F2IN3. The summed E-state index contributed by atoms with van der Waals surface area (Å²) in [5, 5.41) is 3.33. The van der Waals surface area contributed by atoms with Crippen molar-refractivity contribution >= 4 is 29.9 Å². The molecule has 2 unspecified atom stereocenters. The molecule has 0 spiro atoms. The predicted octanol–water partition coefficient (Wildman–Crippen LogP) is 3.11. The number of halogens is 3. The van der Waals surface area contributed by atoms with E-state index in [-0.39, 0.29) is 41.5 Å². The summed E-state index contributed by atoms with van der Waals surface area (Å²) in [6.45, 7) is 2.01. The zero-order valence-electron chi connectivity index (χ0n) is 12.0. The van der Waals surface area contributed by atoms with Gasteiger partial charge in [-0.2, -0.15) is 0 Å². The van der Waals surface area contributed by atoms with E-state index in [1.807, 2.05) is 0 Å². The van der Waals surface area contributed by atoms with Gasteiger partial charge in [0.25, 0.3) is 0 Å². The van der Waals surface area contributed by atoms with E-state index in [1.165, 1.54) is 31.0 Å². The van der Waals surface area contributed by atoms with E-state index in [4.69, 9.17) is 0 Å². The van der Waals surface area contributed by atoms with Crippen LogP contribution in [0.5, 0.6) is 0 Å². The molecule has 0 aromatic heterocycles. The molecule has 1 aromatic carbocycles. The lowest BCUT2D eigenvalue weighted by molar-refractivity contribution is 0.491. The lowest BCUT2D eigenvalue weighted by Crippen LogP contribution is -2.41. The Labute approximate surface area is 140 Å². The van der Waals surface area contributed by atoms with E-state index >= 15 is 0 Å². The first-order valence-electron chi connectivity index (χ1n) is 7.13. The maximum Gasteiger partial charge on any atom is 0.193 e. The number of aliphatic imine (C=N–C) groups is 1. The lowest BCUT2D eigenvalue weighted by Gasteiger charge is -2.21.